The van der Waals surface area contributed by atoms with Gasteiger partial charge in [0.2, 0.25) is 21.9 Å². The van der Waals surface area contributed by atoms with E-state index in [0.29, 0.717) is 5.95 Å². The number of nitrogens with zero attached hydrogens (tertiary/aromatic N) is 2. The third-order valence-electron chi connectivity index (χ3n) is 4.38. The van der Waals surface area contributed by atoms with Crippen LogP contribution in [0.2, 0.25) is 0 Å². The van der Waals surface area contributed by atoms with Gasteiger partial charge in [0.25, 0.3) is 5.91 Å². The Morgan fingerprint density at radius 3 is 2.57 bits per heavy atom. The Labute approximate surface area is 160 Å². The van der Waals surface area contributed by atoms with Crippen LogP contribution in [0.25, 0.3) is 11.0 Å². The second kappa shape index (κ2) is 7.06. The molecule has 28 heavy (non-hydrogen) atoms. The number of imidazole rings is 1. The highest BCUT2D eigenvalue weighted by Crippen LogP contribution is 2.18. The Hall–Kier alpha value is -3.24. The molecule has 4 rings (SSSR count). The molecule has 1 fully saturated rings. The molecule has 2 aromatic carbocycles. The zero-order valence-corrected chi connectivity index (χ0v) is 15.5. The predicted molar refractivity (Wildman–Crippen MR) is 102 cm³/mol. The van der Waals surface area contributed by atoms with Crippen LogP contribution in [0.3, 0.4) is 0 Å². The number of aromatic amines is 1. The van der Waals surface area contributed by atoms with Gasteiger partial charge in [-0.15, -0.1) is 0 Å². The van der Waals surface area contributed by atoms with E-state index in [-0.39, 0.29) is 36.0 Å². The number of aromatic nitrogens is 2. The lowest BCUT2D eigenvalue weighted by Gasteiger charge is -2.25. The van der Waals surface area contributed by atoms with Crippen LogP contribution in [0.4, 0.5) is 5.95 Å². The van der Waals surface area contributed by atoms with Gasteiger partial charge in [-0.25, -0.2) is 13.4 Å². The molecular formula is C18H17N5O4S. The summed E-state index contributed by atoms with van der Waals surface area (Å²) >= 11 is 0. The van der Waals surface area contributed by atoms with Gasteiger partial charge in [-0.2, -0.15) is 4.31 Å². The lowest BCUT2D eigenvalue weighted by Crippen LogP contribution is -2.49. The van der Waals surface area contributed by atoms with Crippen LogP contribution in [-0.4, -0.2) is 54.1 Å². The van der Waals surface area contributed by atoms with Crippen molar-refractivity contribution < 1.29 is 18.0 Å². The van der Waals surface area contributed by atoms with Crippen LogP contribution in [0.1, 0.15) is 10.4 Å². The number of H-pyrrole nitrogens is 1. The number of amides is 2. The van der Waals surface area contributed by atoms with E-state index in [1.54, 1.807) is 0 Å². The van der Waals surface area contributed by atoms with Gasteiger partial charge in [0.15, 0.2) is 0 Å². The molecule has 10 heteroatoms. The maximum atomic E-state index is 12.6. The first kappa shape index (κ1) is 18.1. The van der Waals surface area contributed by atoms with E-state index in [2.05, 4.69) is 20.6 Å². The summed E-state index contributed by atoms with van der Waals surface area (Å²) in [4.78, 5) is 31.2. The number of hydrogen-bond donors (Lipinski definition) is 3. The Morgan fingerprint density at radius 1 is 1.11 bits per heavy atom. The van der Waals surface area contributed by atoms with Gasteiger partial charge >= 0.3 is 0 Å². The maximum Gasteiger partial charge on any atom is 0.257 e. The fourth-order valence-corrected chi connectivity index (χ4v) is 4.34. The number of rotatable bonds is 4. The summed E-state index contributed by atoms with van der Waals surface area (Å²) < 4.78 is 26.4. The zero-order valence-electron chi connectivity index (χ0n) is 14.7. The predicted octanol–water partition coefficient (Wildman–Crippen LogP) is 0.936. The average Bonchev–Trinajstić information content (AvgIpc) is 3.10. The summed E-state index contributed by atoms with van der Waals surface area (Å²) in [6, 6.07) is 12.9. The summed E-state index contributed by atoms with van der Waals surface area (Å²) in [5, 5.41) is 5.24. The lowest BCUT2D eigenvalue weighted by molar-refractivity contribution is -0.122. The van der Waals surface area contributed by atoms with Crippen molar-refractivity contribution >= 4 is 38.8 Å². The van der Waals surface area contributed by atoms with Crippen LogP contribution >= 0.6 is 0 Å². The number of carbonyl (C=O) groups is 2. The van der Waals surface area contributed by atoms with Gasteiger partial charge in [-0.05, 0) is 36.4 Å². The summed E-state index contributed by atoms with van der Waals surface area (Å²) in [6.07, 6.45) is 0. The maximum absolute atomic E-state index is 12.6. The Balaban J connectivity index is 1.50. The van der Waals surface area contributed by atoms with Gasteiger partial charge < -0.3 is 10.3 Å². The van der Waals surface area contributed by atoms with E-state index in [1.165, 1.54) is 24.3 Å². The highest BCUT2D eigenvalue weighted by Gasteiger charge is 2.29. The minimum Gasteiger partial charge on any atom is -0.354 e. The number of carbonyl (C=O) groups excluding carboxylic acids is 2. The summed E-state index contributed by atoms with van der Waals surface area (Å²) in [7, 11) is -3.79. The van der Waals surface area contributed by atoms with Crippen molar-refractivity contribution in [3.05, 3.63) is 54.1 Å². The van der Waals surface area contributed by atoms with E-state index in [1.807, 2.05) is 24.3 Å². The van der Waals surface area contributed by atoms with Crippen LogP contribution in [0.5, 0.6) is 0 Å². The Kier molecular flexibility index (Phi) is 4.57. The summed E-state index contributed by atoms with van der Waals surface area (Å²) in [5.41, 5.74) is 1.81. The molecule has 0 atom stereocenters. The number of piperazine rings is 1. The van der Waals surface area contributed by atoms with E-state index in [9.17, 15) is 18.0 Å². The normalized spacial score (nSPS) is 15.4. The third-order valence-corrected chi connectivity index (χ3v) is 6.24. The topological polar surface area (TPSA) is 124 Å². The van der Waals surface area contributed by atoms with Crippen molar-refractivity contribution in [1.29, 1.82) is 0 Å². The molecular weight excluding hydrogens is 382 g/mol. The number of anilines is 1. The molecule has 9 nitrogen and oxygen atoms in total. The molecule has 144 valence electrons. The smallest absolute Gasteiger partial charge is 0.257 e. The first-order valence-electron chi connectivity index (χ1n) is 8.56. The minimum absolute atomic E-state index is 0.0301. The summed E-state index contributed by atoms with van der Waals surface area (Å²) in [5.74, 6) is -0.445. The molecule has 1 aliphatic rings. The van der Waals surface area contributed by atoms with Gasteiger partial charge in [-0.3, -0.25) is 14.9 Å². The largest absolute Gasteiger partial charge is 0.354 e. The summed E-state index contributed by atoms with van der Waals surface area (Å²) in [6.45, 7) is 0.273. The van der Waals surface area contributed by atoms with Gasteiger partial charge in [0, 0.05) is 18.7 Å². The molecule has 3 aromatic rings. The number of fused-ring (bicyclic) bond motifs is 1. The average molecular weight is 399 g/mol. The second-order valence-corrected chi connectivity index (χ2v) is 8.21. The first-order valence-corrected chi connectivity index (χ1v) is 10.0. The van der Waals surface area contributed by atoms with Crippen LogP contribution in [0.15, 0.2) is 53.4 Å². The molecule has 0 radical (unpaired) electrons. The van der Waals surface area contributed by atoms with Crippen LogP contribution in [0, 0.1) is 0 Å². The fourth-order valence-electron chi connectivity index (χ4n) is 2.94. The second-order valence-electron chi connectivity index (χ2n) is 6.27. The molecule has 1 aliphatic heterocycles. The number of hydrogen-bond acceptors (Lipinski definition) is 5. The van der Waals surface area contributed by atoms with Crippen LogP contribution < -0.4 is 10.6 Å². The van der Waals surface area contributed by atoms with Crippen molar-refractivity contribution in [3.63, 3.8) is 0 Å². The Morgan fingerprint density at radius 2 is 1.86 bits per heavy atom. The Bertz CT molecular complexity index is 1120. The quantitative estimate of drug-likeness (QED) is 0.602. The van der Waals surface area contributed by atoms with Crippen molar-refractivity contribution in [1.82, 2.24) is 19.6 Å². The SMILES string of the molecule is O=C1CN(S(=O)(=O)c2ccc(C(=O)Nc3nc4ccccc4[nH]3)cc2)CCN1. The number of benzene rings is 2. The van der Waals surface area contributed by atoms with Gasteiger partial charge in [0.1, 0.15) is 0 Å². The standard InChI is InChI=1S/C18H17N5O4S/c24-16-11-23(10-9-19-16)28(26,27)13-7-5-12(6-8-13)17(25)22-18-20-14-3-1-2-4-15(14)21-18/h1-8H,9-11H2,(H,19,24)(H2,20,21,22,25). The molecule has 1 saturated heterocycles. The molecule has 3 N–H and O–H groups in total. The van der Waals surface area contributed by atoms with E-state index in [4.69, 9.17) is 0 Å². The van der Waals surface area contributed by atoms with Crippen molar-refractivity contribution in [2.24, 2.45) is 0 Å². The molecule has 2 heterocycles. The van der Waals surface area contributed by atoms with Gasteiger partial charge in [0.05, 0.1) is 22.5 Å². The first-order chi connectivity index (χ1) is 13.4. The molecule has 0 saturated carbocycles. The van der Waals surface area contributed by atoms with Gasteiger partial charge in [-0.1, -0.05) is 12.1 Å². The minimum atomic E-state index is -3.79. The van der Waals surface area contributed by atoms with Crippen LogP contribution in [-0.2, 0) is 14.8 Å². The van der Waals surface area contributed by atoms with E-state index < -0.39 is 15.9 Å². The van der Waals surface area contributed by atoms with Crippen molar-refractivity contribution in [2.45, 2.75) is 4.90 Å². The number of nitrogens with one attached hydrogen (secondary N) is 3. The zero-order chi connectivity index (χ0) is 19.7. The third kappa shape index (κ3) is 3.47. The fraction of sp³-hybridized carbons (Fsp3) is 0.167. The van der Waals surface area contributed by atoms with E-state index in [0.717, 1.165) is 15.3 Å². The van der Waals surface area contributed by atoms with Crippen molar-refractivity contribution in [2.75, 3.05) is 25.0 Å². The number of sulfonamides is 1. The molecule has 0 spiro atoms. The molecule has 2 amide bonds. The molecule has 0 unspecified atom stereocenters. The monoisotopic (exact) mass is 399 g/mol. The molecule has 0 aliphatic carbocycles. The van der Waals surface area contributed by atoms with E-state index >= 15 is 0 Å². The van der Waals surface area contributed by atoms with Crippen molar-refractivity contribution in [3.8, 4) is 0 Å². The molecule has 0 bridgehead atoms. The highest BCUT2D eigenvalue weighted by atomic mass is 32.2. The molecule has 1 aromatic heterocycles. The number of para-hydroxylation sites is 2. The highest BCUT2D eigenvalue weighted by molar-refractivity contribution is 7.89. The lowest BCUT2D eigenvalue weighted by atomic mass is 10.2.